The Morgan fingerprint density at radius 1 is 1.04 bits per heavy atom. The Hall–Kier alpha value is -3.41. The molecule has 0 saturated carbocycles. The topological polar surface area (TPSA) is 148 Å². The number of hydrogen-bond donors (Lipinski definition) is 0. The van der Waals surface area contributed by atoms with E-state index in [-0.39, 0.29) is 17.1 Å². The summed E-state index contributed by atoms with van der Waals surface area (Å²) in [6.45, 7) is 5.41. The molecule has 3 rings (SSSR count). The number of ether oxygens (including phenoxy) is 1. The van der Waals surface area contributed by atoms with Gasteiger partial charge in [0.1, 0.15) is 12.4 Å². The van der Waals surface area contributed by atoms with Crippen LogP contribution in [0, 0.1) is 20.2 Å². The van der Waals surface area contributed by atoms with Crippen LogP contribution in [0.3, 0.4) is 0 Å². The highest BCUT2D eigenvalue weighted by atomic mass is 16.6. The van der Waals surface area contributed by atoms with Gasteiger partial charge in [-0.2, -0.15) is 10.2 Å². The zero-order chi connectivity index (χ0) is 20.4. The quantitative estimate of drug-likeness (QED) is 0.443. The summed E-state index contributed by atoms with van der Waals surface area (Å²) in [6, 6.07) is 0. The highest BCUT2D eigenvalue weighted by molar-refractivity contribution is 5.77. The lowest BCUT2D eigenvalue weighted by Crippen LogP contribution is -1.91. The summed E-state index contributed by atoms with van der Waals surface area (Å²) in [4.78, 5) is 29.5. The van der Waals surface area contributed by atoms with Gasteiger partial charge in [0, 0.05) is 27.3 Å². The van der Waals surface area contributed by atoms with E-state index in [1.165, 1.54) is 47.7 Å². The van der Waals surface area contributed by atoms with Crippen LogP contribution in [0.25, 0.3) is 6.08 Å². The molecule has 0 aromatic carbocycles. The van der Waals surface area contributed by atoms with E-state index >= 15 is 0 Å². The Balaban J connectivity index is 0.000000216. The smallest absolute Gasteiger partial charge is 0.317 e. The second-order valence-electron chi connectivity index (χ2n) is 5.30. The van der Waals surface area contributed by atoms with Crippen LogP contribution < -0.4 is 0 Å². The fourth-order valence-corrected chi connectivity index (χ4v) is 2.01. The van der Waals surface area contributed by atoms with E-state index in [1.54, 1.807) is 7.05 Å². The first kappa shape index (κ1) is 21.6. The molecule has 0 atom stereocenters. The Morgan fingerprint density at radius 2 is 1.48 bits per heavy atom. The van der Waals surface area contributed by atoms with Crippen molar-refractivity contribution in [2.45, 2.75) is 12.8 Å². The average Bonchev–Trinajstić information content (AvgIpc) is 3.36. The average molecular weight is 380 g/mol. The van der Waals surface area contributed by atoms with Crippen LogP contribution in [-0.2, 0) is 18.8 Å². The van der Waals surface area contributed by atoms with Gasteiger partial charge in [0.05, 0.1) is 9.85 Å². The number of carbonyl (C=O) groups excluding carboxylic acids is 1. The largest absolute Gasteiger partial charge is 0.381 e. The second-order valence-corrected chi connectivity index (χ2v) is 5.30. The SMILES string of the molecule is C1CCOC1.C=Cc1nn(C)cc1[N+](=O)[O-].Cn1cc([N+](=O)[O-])c(C=O)n1. The highest BCUT2D eigenvalue weighted by Gasteiger charge is 2.16. The first-order valence-electron chi connectivity index (χ1n) is 7.81. The molecule has 0 spiro atoms. The first-order valence-corrected chi connectivity index (χ1v) is 7.81. The first-order chi connectivity index (χ1) is 12.8. The van der Waals surface area contributed by atoms with Gasteiger partial charge in [0.25, 0.3) is 0 Å². The molecule has 1 aliphatic heterocycles. The molecule has 27 heavy (non-hydrogen) atoms. The Morgan fingerprint density at radius 3 is 1.74 bits per heavy atom. The van der Waals surface area contributed by atoms with E-state index in [0.717, 1.165) is 13.2 Å². The van der Waals surface area contributed by atoms with Crippen LogP contribution in [0.15, 0.2) is 19.0 Å². The minimum atomic E-state index is -0.642. The van der Waals surface area contributed by atoms with Gasteiger partial charge in [0.2, 0.25) is 5.69 Å². The van der Waals surface area contributed by atoms with Crippen molar-refractivity contribution in [2.24, 2.45) is 14.1 Å². The predicted octanol–water partition coefficient (Wildman–Crippen LogP) is 1.91. The molecule has 2 aromatic heterocycles. The summed E-state index contributed by atoms with van der Waals surface area (Å²) < 4.78 is 7.55. The normalized spacial score (nSPS) is 12.2. The van der Waals surface area contributed by atoms with Crippen LogP contribution in [0.1, 0.15) is 29.0 Å². The standard InChI is InChI=1S/C6H7N3O2.C5H5N3O3.C4H8O/c1-3-5-6(9(10)11)4-8(2)7-5;1-7-2-5(8(10)11)4(3-9)6-7;1-2-4-5-3-1/h3-4H,1H2,2H3;2-3H,1H3;1-4H2. The monoisotopic (exact) mass is 380 g/mol. The lowest BCUT2D eigenvalue weighted by molar-refractivity contribution is -0.385. The fourth-order valence-electron chi connectivity index (χ4n) is 2.01. The predicted molar refractivity (Wildman–Crippen MR) is 95.3 cm³/mol. The number of aromatic nitrogens is 4. The number of nitro groups is 2. The number of aldehydes is 1. The second kappa shape index (κ2) is 10.6. The summed E-state index contributed by atoms with van der Waals surface area (Å²) in [5, 5.41) is 27.9. The van der Waals surface area contributed by atoms with Gasteiger partial charge in [-0.25, -0.2) is 0 Å². The summed E-state index contributed by atoms with van der Waals surface area (Å²) >= 11 is 0. The minimum absolute atomic E-state index is 0.0116. The van der Waals surface area contributed by atoms with Crippen molar-refractivity contribution in [3.8, 4) is 0 Å². The summed E-state index contributed by atoms with van der Waals surface area (Å²) in [5.74, 6) is 0. The molecule has 0 N–H and O–H groups in total. The van der Waals surface area contributed by atoms with Crippen LogP contribution >= 0.6 is 0 Å². The van der Waals surface area contributed by atoms with Crippen LogP contribution in [-0.4, -0.2) is 48.9 Å². The van der Waals surface area contributed by atoms with E-state index in [0.29, 0.717) is 12.0 Å². The van der Waals surface area contributed by atoms with Crippen molar-refractivity contribution < 1.29 is 19.4 Å². The number of hydrogen-bond acceptors (Lipinski definition) is 8. The molecule has 1 aliphatic rings. The Bertz CT molecular complexity index is 738. The van der Waals surface area contributed by atoms with Gasteiger partial charge in [-0.1, -0.05) is 6.58 Å². The molecule has 146 valence electrons. The molecule has 1 saturated heterocycles. The van der Waals surface area contributed by atoms with Gasteiger partial charge in [-0.15, -0.1) is 0 Å². The van der Waals surface area contributed by atoms with Crippen molar-refractivity contribution in [2.75, 3.05) is 13.2 Å². The maximum absolute atomic E-state index is 10.3. The Kier molecular flexibility index (Phi) is 8.45. The third kappa shape index (κ3) is 6.78. The lowest BCUT2D eigenvalue weighted by Gasteiger charge is -1.82. The van der Waals surface area contributed by atoms with E-state index in [4.69, 9.17) is 4.74 Å². The molecule has 12 nitrogen and oxygen atoms in total. The zero-order valence-electron chi connectivity index (χ0n) is 15.0. The maximum atomic E-state index is 10.3. The molecule has 1 fully saturated rings. The zero-order valence-corrected chi connectivity index (χ0v) is 15.0. The molecule has 3 heterocycles. The number of nitrogens with zero attached hydrogens (tertiary/aromatic N) is 6. The molecule has 0 amide bonds. The van der Waals surface area contributed by atoms with Crippen molar-refractivity contribution in [3.63, 3.8) is 0 Å². The molecule has 0 aliphatic carbocycles. The number of rotatable bonds is 4. The van der Waals surface area contributed by atoms with Gasteiger partial charge < -0.3 is 4.74 Å². The third-order valence-corrected chi connectivity index (χ3v) is 3.20. The summed E-state index contributed by atoms with van der Waals surface area (Å²) in [6.07, 6.45) is 6.80. The molecular weight excluding hydrogens is 360 g/mol. The summed E-state index contributed by atoms with van der Waals surface area (Å²) in [5.41, 5.74) is -0.111. The molecule has 0 unspecified atom stereocenters. The lowest BCUT2D eigenvalue weighted by atomic mass is 10.4. The molecule has 0 radical (unpaired) electrons. The maximum Gasteiger partial charge on any atom is 0.317 e. The van der Waals surface area contributed by atoms with Gasteiger partial charge in [-0.05, 0) is 18.9 Å². The van der Waals surface area contributed by atoms with Crippen LogP contribution in [0.4, 0.5) is 11.4 Å². The molecule has 0 bridgehead atoms. The van der Waals surface area contributed by atoms with E-state index in [2.05, 4.69) is 16.8 Å². The van der Waals surface area contributed by atoms with E-state index in [1.807, 2.05) is 0 Å². The van der Waals surface area contributed by atoms with Crippen LogP contribution in [0.2, 0.25) is 0 Å². The van der Waals surface area contributed by atoms with Crippen LogP contribution in [0.5, 0.6) is 0 Å². The van der Waals surface area contributed by atoms with E-state index in [9.17, 15) is 25.0 Å². The molecule has 12 heteroatoms. The minimum Gasteiger partial charge on any atom is -0.381 e. The number of aryl methyl sites for hydroxylation is 2. The van der Waals surface area contributed by atoms with Gasteiger partial charge in [-0.3, -0.25) is 34.4 Å². The van der Waals surface area contributed by atoms with Gasteiger partial charge >= 0.3 is 11.4 Å². The van der Waals surface area contributed by atoms with Crippen molar-refractivity contribution in [1.29, 1.82) is 0 Å². The number of carbonyl (C=O) groups is 1. The summed E-state index contributed by atoms with van der Waals surface area (Å²) in [7, 11) is 3.14. The fraction of sp³-hybridized carbons (Fsp3) is 0.400. The molecule has 2 aromatic rings. The van der Waals surface area contributed by atoms with Crippen molar-refractivity contribution in [3.05, 3.63) is 50.6 Å². The van der Waals surface area contributed by atoms with Crippen molar-refractivity contribution >= 4 is 23.7 Å². The van der Waals surface area contributed by atoms with E-state index < -0.39 is 9.85 Å². The molecular formula is C15H20N6O6. The van der Waals surface area contributed by atoms with Gasteiger partial charge in [0.15, 0.2) is 12.0 Å². The highest BCUT2D eigenvalue weighted by Crippen LogP contribution is 2.16. The third-order valence-electron chi connectivity index (χ3n) is 3.20. The Labute approximate surface area is 154 Å². The van der Waals surface area contributed by atoms with Crippen molar-refractivity contribution in [1.82, 2.24) is 19.6 Å².